The number of hydrogen-bond donors (Lipinski definition) is 2. The second-order valence-corrected chi connectivity index (χ2v) is 6.40. The molecule has 1 saturated heterocycles. The second kappa shape index (κ2) is 5.71. The van der Waals surface area contributed by atoms with Crippen molar-refractivity contribution in [3.8, 4) is 0 Å². The molecule has 114 valence electrons. The van der Waals surface area contributed by atoms with Crippen LogP contribution in [0.3, 0.4) is 0 Å². The number of aromatic nitrogens is 1. The average molecular weight is 290 g/mol. The highest BCUT2D eigenvalue weighted by atomic mass is 16.2. The number of nitrogens with one attached hydrogen (secondary N) is 2. The highest BCUT2D eigenvalue weighted by Gasteiger charge is 2.36. The van der Waals surface area contributed by atoms with Crippen LogP contribution in [0.25, 0.3) is 0 Å². The van der Waals surface area contributed by atoms with Crippen LogP contribution in [0.5, 0.6) is 0 Å². The molecule has 1 aliphatic heterocycles. The molecule has 21 heavy (non-hydrogen) atoms. The zero-order valence-corrected chi connectivity index (χ0v) is 12.9. The van der Waals surface area contributed by atoms with Crippen LogP contribution in [0.15, 0.2) is 18.3 Å². The molecule has 0 radical (unpaired) electrons. The van der Waals surface area contributed by atoms with Gasteiger partial charge >= 0.3 is 6.03 Å². The molecule has 0 aromatic carbocycles. The Morgan fingerprint density at radius 1 is 1.38 bits per heavy atom. The molecule has 1 aromatic rings. The van der Waals surface area contributed by atoms with Gasteiger partial charge in [-0.05, 0) is 39.3 Å². The van der Waals surface area contributed by atoms with E-state index in [0.29, 0.717) is 18.8 Å². The third-order valence-electron chi connectivity index (χ3n) is 3.42. The summed E-state index contributed by atoms with van der Waals surface area (Å²) < 4.78 is 0. The van der Waals surface area contributed by atoms with Crippen LogP contribution in [0.1, 0.15) is 32.8 Å². The first-order valence-electron chi connectivity index (χ1n) is 7.06. The fourth-order valence-electron chi connectivity index (χ4n) is 2.33. The van der Waals surface area contributed by atoms with Crippen molar-refractivity contribution in [3.63, 3.8) is 0 Å². The third kappa shape index (κ3) is 3.93. The van der Waals surface area contributed by atoms with Gasteiger partial charge in [0.15, 0.2) is 0 Å². The fraction of sp³-hybridized carbons (Fsp3) is 0.533. The minimum Gasteiger partial charge on any atom is -0.336 e. The summed E-state index contributed by atoms with van der Waals surface area (Å²) in [4.78, 5) is 29.8. The van der Waals surface area contributed by atoms with Crippen molar-refractivity contribution >= 4 is 17.8 Å². The number of rotatable bonds is 2. The smallest absolute Gasteiger partial charge is 0.320 e. The quantitative estimate of drug-likeness (QED) is 0.873. The van der Waals surface area contributed by atoms with E-state index in [-0.39, 0.29) is 23.5 Å². The first-order chi connectivity index (χ1) is 9.75. The van der Waals surface area contributed by atoms with Crippen molar-refractivity contribution in [2.75, 3.05) is 11.9 Å². The number of nitrogens with zero attached hydrogens (tertiary/aromatic N) is 2. The molecule has 1 aromatic heterocycles. The van der Waals surface area contributed by atoms with E-state index in [1.54, 1.807) is 17.2 Å². The summed E-state index contributed by atoms with van der Waals surface area (Å²) >= 11 is 0. The van der Waals surface area contributed by atoms with Gasteiger partial charge in [0.25, 0.3) is 0 Å². The molecule has 6 heteroatoms. The van der Waals surface area contributed by atoms with Gasteiger partial charge in [0.05, 0.1) is 6.04 Å². The van der Waals surface area contributed by atoms with Crippen LogP contribution >= 0.6 is 0 Å². The Balaban J connectivity index is 1.89. The minimum absolute atomic E-state index is 0.0706. The molecule has 2 rings (SSSR count). The van der Waals surface area contributed by atoms with E-state index in [1.807, 2.05) is 33.8 Å². The van der Waals surface area contributed by atoms with Crippen LogP contribution in [-0.4, -0.2) is 39.9 Å². The molecule has 1 aliphatic rings. The van der Waals surface area contributed by atoms with Crippen LogP contribution in [-0.2, 0) is 4.79 Å². The van der Waals surface area contributed by atoms with Crippen LogP contribution in [0, 0.1) is 6.92 Å². The molecule has 6 nitrogen and oxygen atoms in total. The number of urea groups is 1. The fourth-order valence-corrected chi connectivity index (χ4v) is 2.33. The molecule has 0 aliphatic carbocycles. The normalized spacial score (nSPS) is 18.8. The van der Waals surface area contributed by atoms with Gasteiger partial charge in [0.2, 0.25) is 5.91 Å². The lowest BCUT2D eigenvalue weighted by Crippen LogP contribution is -2.45. The highest BCUT2D eigenvalue weighted by Crippen LogP contribution is 2.21. The summed E-state index contributed by atoms with van der Waals surface area (Å²) in [5, 5.41) is 5.50. The molecule has 3 amide bonds. The molecule has 2 heterocycles. The van der Waals surface area contributed by atoms with Crippen molar-refractivity contribution in [2.45, 2.75) is 45.7 Å². The van der Waals surface area contributed by atoms with Gasteiger partial charge in [-0.25, -0.2) is 9.78 Å². The Morgan fingerprint density at radius 2 is 2.10 bits per heavy atom. The summed E-state index contributed by atoms with van der Waals surface area (Å²) in [6.45, 7) is 8.44. The Labute approximate surface area is 124 Å². The average Bonchev–Trinajstić information content (AvgIpc) is 2.73. The molecule has 0 saturated carbocycles. The van der Waals surface area contributed by atoms with E-state index in [9.17, 15) is 9.59 Å². The van der Waals surface area contributed by atoms with Crippen molar-refractivity contribution in [2.24, 2.45) is 0 Å². The Morgan fingerprint density at radius 3 is 2.62 bits per heavy atom. The topological polar surface area (TPSA) is 74.3 Å². The van der Waals surface area contributed by atoms with Gasteiger partial charge in [-0.1, -0.05) is 6.07 Å². The van der Waals surface area contributed by atoms with Gasteiger partial charge in [0, 0.05) is 24.7 Å². The summed E-state index contributed by atoms with van der Waals surface area (Å²) in [7, 11) is 0. The molecule has 1 atom stereocenters. The first kappa shape index (κ1) is 15.3. The standard InChI is InChI=1S/C15H22N4O2/c1-10-5-6-12(16-8-10)18-14(21)17-11-7-13(20)19(9-11)15(2,3)4/h5-6,8,11H,7,9H2,1-4H3,(H2,16,17,18,21). The first-order valence-corrected chi connectivity index (χ1v) is 7.06. The van der Waals surface area contributed by atoms with Gasteiger partial charge in [-0.2, -0.15) is 0 Å². The molecule has 1 fully saturated rings. The zero-order chi connectivity index (χ0) is 15.6. The monoisotopic (exact) mass is 290 g/mol. The van der Waals surface area contributed by atoms with E-state index < -0.39 is 0 Å². The summed E-state index contributed by atoms with van der Waals surface area (Å²) in [6, 6.07) is 3.13. The highest BCUT2D eigenvalue weighted by molar-refractivity contribution is 5.89. The maximum Gasteiger partial charge on any atom is 0.320 e. The number of amides is 3. The Kier molecular flexibility index (Phi) is 4.16. The van der Waals surface area contributed by atoms with Gasteiger partial charge < -0.3 is 10.2 Å². The van der Waals surface area contributed by atoms with E-state index in [0.717, 1.165) is 5.56 Å². The number of pyridine rings is 1. The van der Waals surface area contributed by atoms with Crippen molar-refractivity contribution in [3.05, 3.63) is 23.9 Å². The molecule has 1 unspecified atom stereocenters. The second-order valence-electron chi connectivity index (χ2n) is 6.40. The molecular weight excluding hydrogens is 268 g/mol. The number of likely N-dealkylation sites (tertiary alicyclic amines) is 1. The summed E-state index contributed by atoms with van der Waals surface area (Å²) in [6.07, 6.45) is 2.03. The number of carbonyl (C=O) groups excluding carboxylic acids is 2. The molecule has 0 spiro atoms. The van der Waals surface area contributed by atoms with Gasteiger partial charge in [-0.15, -0.1) is 0 Å². The van der Waals surface area contributed by atoms with E-state index in [4.69, 9.17) is 0 Å². The summed E-state index contributed by atoms with van der Waals surface area (Å²) in [5.41, 5.74) is 0.811. The van der Waals surface area contributed by atoms with Crippen molar-refractivity contribution < 1.29 is 9.59 Å². The van der Waals surface area contributed by atoms with E-state index in [2.05, 4.69) is 15.6 Å². The van der Waals surface area contributed by atoms with Crippen LogP contribution in [0.4, 0.5) is 10.6 Å². The van der Waals surface area contributed by atoms with Crippen molar-refractivity contribution in [1.82, 2.24) is 15.2 Å². The predicted molar refractivity (Wildman–Crippen MR) is 81.0 cm³/mol. The van der Waals surface area contributed by atoms with Crippen molar-refractivity contribution in [1.29, 1.82) is 0 Å². The Hall–Kier alpha value is -2.11. The van der Waals surface area contributed by atoms with Crippen LogP contribution in [0.2, 0.25) is 0 Å². The van der Waals surface area contributed by atoms with E-state index in [1.165, 1.54) is 0 Å². The zero-order valence-electron chi connectivity index (χ0n) is 12.9. The summed E-state index contributed by atoms with van der Waals surface area (Å²) in [5.74, 6) is 0.566. The number of aryl methyl sites for hydroxylation is 1. The predicted octanol–water partition coefficient (Wildman–Crippen LogP) is 1.91. The molecule has 2 N–H and O–H groups in total. The maximum absolute atomic E-state index is 12.0. The van der Waals surface area contributed by atoms with Crippen LogP contribution < -0.4 is 10.6 Å². The lowest BCUT2D eigenvalue weighted by atomic mass is 10.1. The SMILES string of the molecule is Cc1ccc(NC(=O)NC2CC(=O)N(C(C)(C)C)C2)nc1. The molecule has 0 bridgehead atoms. The molecular formula is C15H22N4O2. The number of carbonyl (C=O) groups is 2. The minimum atomic E-state index is -0.333. The van der Waals surface area contributed by atoms with Gasteiger partial charge in [-0.3, -0.25) is 10.1 Å². The number of anilines is 1. The lowest BCUT2D eigenvalue weighted by Gasteiger charge is -2.32. The third-order valence-corrected chi connectivity index (χ3v) is 3.42. The maximum atomic E-state index is 12.0. The lowest BCUT2D eigenvalue weighted by molar-refractivity contribution is -0.131. The van der Waals surface area contributed by atoms with Gasteiger partial charge in [0.1, 0.15) is 5.82 Å². The number of hydrogen-bond acceptors (Lipinski definition) is 3. The van der Waals surface area contributed by atoms with E-state index >= 15 is 0 Å². The largest absolute Gasteiger partial charge is 0.336 e. The Bertz CT molecular complexity index is 534.